The molecule has 0 amide bonds. The minimum atomic E-state index is -4.66. The first-order valence-electron chi connectivity index (χ1n) is 4.02. The summed E-state index contributed by atoms with van der Waals surface area (Å²) >= 11 is 5.44. The van der Waals surface area contributed by atoms with Crippen molar-refractivity contribution in [1.29, 1.82) is 0 Å². The molecule has 0 atom stereocenters. The highest BCUT2D eigenvalue weighted by molar-refractivity contribution is 6.32. The van der Waals surface area contributed by atoms with Crippen molar-refractivity contribution in [2.75, 3.05) is 0 Å². The van der Waals surface area contributed by atoms with Gasteiger partial charge in [-0.2, -0.15) is 13.2 Å². The van der Waals surface area contributed by atoms with Crippen LogP contribution in [0.4, 0.5) is 18.9 Å². The quantitative estimate of drug-likeness (QED) is 0.652. The number of halogens is 4. The molecule has 0 saturated carbocycles. The van der Waals surface area contributed by atoms with Gasteiger partial charge in [0.1, 0.15) is 0 Å². The molecule has 0 bridgehead atoms. The number of rotatable bonds is 2. The number of nitrogens with two attached hydrogens (primary N) is 1. The lowest BCUT2D eigenvalue weighted by Gasteiger charge is -2.11. The Balaban J connectivity index is 3.46. The van der Waals surface area contributed by atoms with E-state index in [0.29, 0.717) is 6.07 Å². The SMILES string of the molecule is NCc1c([N+](=O)[O-])ccc(C(F)(F)F)c1Cl. The maximum Gasteiger partial charge on any atom is 0.417 e. The number of nitro groups is 1. The summed E-state index contributed by atoms with van der Waals surface area (Å²) in [5.74, 6) is 0. The van der Waals surface area contributed by atoms with Crippen LogP contribution < -0.4 is 5.73 Å². The van der Waals surface area contributed by atoms with Gasteiger partial charge in [0.05, 0.1) is 21.1 Å². The van der Waals surface area contributed by atoms with Crippen molar-refractivity contribution in [2.24, 2.45) is 5.73 Å². The van der Waals surface area contributed by atoms with E-state index in [1.165, 1.54) is 0 Å². The van der Waals surface area contributed by atoms with Crippen molar-refractivity contribution < 1.29 is 18.1 Å². The molecular formula is C8H6ClF3N2O2. The molecule has 8 heteroatoms. The molecule has 1 aromatic rings. The van der Waals surface area contributed by atoms with Gasteiger partial charge in [-0.1, -0.05) is 11.6 Å². The molecule has 0 aromatic heterocycles. The Bertz CT molecular complexity index is 434. The standard InChI is InChI=1S/C8H6ClF3N2O2/c9-7-4(3-13)6(14(15)16)2-1-5(7)8(10,11)12/h1-2H,3,13H2. The third-order valence-corrected chi connectivity index (χ3v) is 2.36. The van der Waals surface area contributed by atoms with Crippen LogP contribution >= 0.6 is 11.6 Å². The largest absolute Gasteiger partial charge is 0.417 e. The molecule has 0 fully saturated rings. The molecule has 4 nitrogen and oxygen atoms in total. The molecule has 2 N–H and O–H groups in total. The molecule has 0 radical (unpaired) electrons. The van der Waals surface area contributed by atoms with Crippen LogP contribution in [-0.4, -0.2) is 4.92 Å². The zero-order chi connectivity index (χ0) is 12.5. The second-order valence-electron chi connectivity index (χ2n) is 2.88. The molecule has 0 saturated heterocycles. The first-order chi connectivity index (χ1) is 7.29. The fraction of sp³-hybridized carbons (Fsp3) is 0.250. The molecule has 1 rings (SSSR count). The summed E-state index contributed by atoms with van der Waals surface area (Å²) in [7, 11) is 0. The van der Waals surface area contributed by atoms with Crippen LogP contribution in [0.2, 0.25) is 5.02 Å². The molecule has 0 spiro atoms. The van der Waals surface area contributed by atoms with Gasteiger partial charge in [-0.15, -0.1) is 0 Å². The molecule has 0 aliphatic carbocycles. The average Bonchev–Trinajstić information content (AvgIpc) is 2.14. The Labute approximate surface area is 93.0 Å². The zero-order valence-electron chi connectivity index (χ0n) is 7.71. The molecule has 0 aliphatic rings. The van der Waals surface area contributed by atoms with Crippen molar-refractivity contribution in [1.82, 2.24) is 0 Å². The van der Waals surface area contributed by atoms with E-state index >= 15 is 0 Å². The van der Waals surface area contributed by atoms with Gasteiger partial charge in [0.2, 0.25) is 0 Å². The van der Waals surface area contributed by atoms with Crippen molar-refractivity contribution in [3.05, 3.63) is 38.4 Å². The van der Waals surface area contributed by atoms with Crippen LogP contribution in [0, 0.1) is 10.1 Å². The van der Waals surface area contributed by atoms with E-state index in [0.717, 1.165) is 6.07 Å². The van der Waals surface area contributed by atoms with Crippen molar-refractivity contribution in [3.8, 4) is 0 Å². The Hall–Kier alpha value is -1.34. The summed E-state index contributed by atoms with van der Waals surface area (Å²) in [4.78, 5) is 9.68. The monoisotopic (exact) mass is 254 g/mol. The van der Waals surface area contributed by atoms with Gasteiger partial charge < -0.3 is 5.73 Å². The van der Waals surface area contributed by atoms with Gasteiger partial charge >= 0.3 is 6.18 Å². The van der Waals surface area contributed by atoms with Gasteiger partial charge in [-0.25, -0.2) is 0 Å². The Morgan fingerprint density at radius 3 is 2.38 bits per heavy atom. The lowest BCUT2D eigenvalue weighted by molar-refractivity contribution is -0.385. The third kappa shape index (κ3) is 2.25. The van der Waals surface area contributed by atoms with Crippen LogP contribution in [-0.2, 0) is 12.7 Å². The van der Waals surface area contributed by atoms with E-state index in [9.17, 15) is 23.3 Å². The minimum absolute atomic E-state index is 0.318. The van der Waals surface area contributed by atoms with E-state index in [1.807, 2.05) is 0 Å². The Morgan fingerprint density at radius 1 is 1.44 bits per heavy atom. The van der Waals surface area contributed by atoms with Gasteiger partial charge in [0, 0.05) is 12.6 Å². The fourth-order valence-corrected chi connectivity index (χ4v) is 1.54. The van der Waals surface area contributed by atoms with Gasteiger partial charge in [0.15, 0.2) is 0 Å². The summed E-state index contributed by atoms with van der Waals surface area (Å²) in [6.45, 7) is -0.431. The highest BCUT2D eigenvalue weighted by Gasteiger charge is 2.35. The van der Waals surface area contributed by atoms with E-state index in [-0.39, 0.29) is 5.56 Å². The fourth-order valence-electron chi connectivity index (χ4n) is 1.20. The first-order valence-corrected chi connectivity index (χ1v) is 4.40. The predicted molar refractivity (Wildman–Crippen MR) is 51.0 cm³/mol. The third-order valence-electron chi connectivity index (χ3n) is 1.92. The summed E-state index contributed by atoms with van der Waals surface area (Å²) in [5, 5.41) is 9.79. The van der Waals surface area contributed by atoms with E-state index < -0.39 is 33.9 Å². The smallest absolute Gasteiger partial charge is 0.326 e. The lowest BCUT2D eigenvalue weighted by Crippen LogP contribution is -2.10. The lowest BCUT2D eigenvalue weighted by atomic mass is 10.1. The van der Waals surface area contributed by atoms with E-state index in [1.54, 1.807) is 0 Å². The number of benzene rings is 1. The number of alkyl halides is 3. The second-order valence-corrected chi connectivity index (χ2v) is 3.26. The molecule has 0 aliphatic heterocycles. The van der Waals surface area contributed by atoms with Gasteiger partial charge in [-0.3, -0.25) is 10.1 Å². The molecule has 16 heavy (non-hydrogen) atoms. The van der Waals surface area contributed by atoms with Crippen molar-refractivity contribution >= 4 is 17.3 Å². The van der Waals surface area contributed by atoms with Crippen molar-refractivity contribution in [3.63, 3.8) is 0 Å². The van der Waals surface area contributed by atoms with Crippen LogP contribution in [0.5, 0.6) is 0 Å². The topological polar surface area (TPSA) is 69.2 Å². The molecule has 88 valence electrons. The molecule has 0 heterocycles. The summed E-state index contributed by atoms with van der Waals surface area (Å²) in [6, 6.07) is 1.32. The van der Waals surface area contributed by atoms with Crippen LogP contribution in [0.3, 0.4) is 0 Å². The number of nitro benzene ring substituents is 1. The Morgan fingerprint density at radius 2 is 2.00 bits per heavy atom. The van der Waals surface area contributed by atoms with Crippen molar-refractivity contribution in [2.45, 2.75) is 12.7 Å². The van der Waals surface area contributed by atoms with Crippen LogP contribution in [0.1, 0.15) is 11.1 Å². The summed E-state index contributed by atoms with van der Waals surface area (Å²) in [5.41, 5.74) is 3.19. The average molecular weight is 255 g/mol. The maximum absolute atomic E-state index is 12.4. The Kier molecular flexibility index (Phi) is 3.39. The van der Waals surface area contributed by atoms with Gasteiger partial charge in [0.25, 0.3) is 5.69 Å². The minimum Gasteiger partial charge on any atom is -0.326 e. The number of hydrogen-bond acceptors (Lipinski definition) is 3. The predicted octanol–water partition coefficient (Wildman–Crippen LogP) is 2.73. The maximum atomic E-state index is 12.4. The zero-order valence-corrected chi connectivity index (χ0v) is 8.47. The second kappa shape index (κ2) is 4.26. The van der Waals surface area contributed by atoms with E-state index in [2.05, 4.69) is 0 Å². The van der Waals surface area contributed by atoms with E-state index in [4.69, 9.17) is 17.3 Å². The normalized spacial score (nSPS) is 11.6. The summed E-state index contributed by atoms with van der Waals surface area (Å²) in [6.07, 6.45) is -4.66. The highest BCUT2D eigenvalue weighted by Crippen LogP contribution is 2.39. The van der Waals surface area contributed by atoms with Crippen LogP contribution in [0.25, 0.3) is 0 Å². The molecule has 1 aromatic carbocycles. The number of hydrogen-bond donors (Lipinski definition) is 1. The number of nitrogens with zero attached hydrogens (tertiary/aromatic N) is 1. The highest BCUT2D eigenvalue weighted by atomic mass is 35.5. The van der Waals surface area contributed by atoms with Crippen LogP contribution in [0.15, 0.2) is 12.1 Å². The van der Waals surface area contributed by atoms with Gasteiger partial charge in [-0.05, 0) is 6.07 Å². The molecule has 0 unspecified atom stereocenters. The first kappa shape index (κ1) is 12.7. The summed E-state index contributed by atoms with van der Waals surface area (Å²) < 4.78 is 37.2. The molecular weight excluding hydrogens is 249 g/mol.